The number of fused-ring (bicyclic) bond motifs is 1. The van der Waals surface area contributed by atoms with Crippen LogP contribution in [0.3, 0.4) is 0 Å². The highest BCUT2D eigenvalue weighted by atomic mass is 16.5. The lowest BCUT2D eigenvalue weighted by Crippen LogP contribution is -2.18. The van der Waals surface area contributed by atoms with Crippen molar-refractivity contribution in [2.75, 3.05) is 0 Å². The smallest absolute Gasteiger partial charge is 0.290 e. The number of hydrogen-bond donors (Lipinski definition) is 2. The van der Waals surface area contributed by atoms with Crippen LogP contribution in [-0.2, 0) is 19.6 Å². The molecule has 0 atom stereocenters. The van der Waals surface area contributed by atoms with Crippen molar-refractivity contribution in [2.45, 2.75) is 40.3 Å². The second-order valence-electron chi connectivity index (χ2n) is 11.2. The zero-order chi connectivity index (χ0) is 28.4. The normalized spacial score (nSPS) is 11.7. The second-order valence-corrected chi connectivity index (χ2v) is 11.2. The molecule has 3 aromatic carbocycles. The van der Waals surface area contributed by atoms with Crippen molar-refractivity contribution in [3.05, 3.63) is 106 Å². The summed E-state index contributed by atoms with van der Waals surface area (Å²) in [5.41, 5.74) is 5.53. The standard InChI is InChI=1S/C31H30N8O2/c1-31(2,3)17-25-32-26-27(29(40)35-36-30(26)41-19-21-9-5-4-6-10-21)39(25)18-20-13-15-22(16-14-20)23-11-7-8-12-24(23)28-33-37-38-34-28/h4-16H,17-19H2,1-3H3,(H,35,40)(H,33,34,37,38). The fourth-order valence-corrected chi connectivity index (χ4v) is 4.87. The van der Waals surface area contributed by atoms with Gasteiger partial charge in [0.25, 0.3) is 11.4 Å². The second kappa shape index (κ2) is 10.8. The molecule has 10 heteroatoms. The Morgan fingerprint density at radius 1 is 0.854 bits per heavy atom. The largest absolute Gasteiger partial charge is 0.470 e. The van der Waals surface area contributed by atoms with Gasteiger partial charge in [0.05, 0.1) is 0 Å². The molecular weight excluding hydrogens is 516 g/mol. The Bertz CT molecular complexity index is 1830. The molecule has 206 valence electrons. The van der Waals surface area contributed by atoms with Crippen LogP contribution in [0.15, 0.2) is 83.7 Å². The van der Waals surface area contributed by atoms with E-state index in [2.05, 4.69) is 75.9 Å². The van der Waals surface area contributed by atoms with Gasteiger partial charge in [0.1, 0.15) is 17.9 Å². The number of nitrogens with one attached hydrogen (secondary N) is 2. The third-order valence-corrected chi connectivity index (χ3v) is 6.75. The van der Waals surface area contributed by atoms with Crippen LogP contribution >= 0.6 is 0 Å². The Balaban J connectivity index is 1.36. The van der Waals surface area contributed by atoms with Crippen LogP contribution in [0.25, 0.3) is 33.5 Å². The van der Waals surface area contributed by atoms with E-state index in [1.54, 1.807) is 0 Å². The van der Waals surface area contributed by atoms with E-state index in [0.29, 0.717) is 42.3 Å². The van der Waals surface area contributed by atoms with Gasteiger partial charge >= 0.3 is 0 Å². The number of ether oxygens (including phenoxy) is 1. The molecule has 2 N–H and O–H groups in total. The fourth-order valence-electron chi connectivity index (χ4n) is 4.87. The molecule has 0 spiro atoms. The number of aromatic nitrogens is 8. The Morgan fingerprint density at radius 3 is 2.29 bits per heavy atom. The number of benzene rings is 3. The van der Waals surface area contributed by atoms with Crippen LogP contribution in [0, 0.1) is 5.41 Å². The zero-order valence-corrected chi connectivity index (χ0v) is 23.1. The number of imidazole rings is 1. The maximum atomic E-state index is 13.1. The maximum absolute atomic E-state index is 13.1. The SMILES string of the molecule is CC(C)(C)Cc1nc2c(OCc3ccccc3)n[nH]c(=O)c2n1Cc1ccc(-c2ccccc2-c2nn[nH]n2)cc1. The van der Waals surface area contributed by atoms with E-state index in [-0.39, 0.29) is 11.0 Å². The first kappa shape index (κ1) is 26.1. The Labute approximate surface area is 236 Å². The lowest BCUT2D eigenvalue weighted by atomic mass is 9.92. The fraction of sp³-hybridized carbons (Fsp3) is 0.226. The molecule has 6 aromatic rings. The van der Waals surface area contributed by atoms with Crippen molar-refractivity contribution in [1.82, 2.24) is 40.4 Å². The summed E-state index contributed by atoms with van der Waals surface area (Å²) in [7, 11) is 0. The van der Waals surface area contributed by atoms with Gasteiger partial charge in [-0.1, -0.05) is 99.6 Å². The Kier molecular flexibility index (Phi) is 6.88. The molecular formula is C31H30N8O2. The summed E-state index contributed by atoms with van der Waals surface area (Å²) in [5, 5.41) is 21.3. The summed E-state index contributed by atoms with van der Waals surface area (Å²) >= 11 is 0. The minimum absolute atomic E-state index is 0.0485. The van der Waals surface area contributed by atoms with Crippen molar-refractivity contribution >= 4 is 11.0 Å². The van der Waals surface area contributed by atoms with Gasteiger partial charge in [-0.15, -0.1) is 15.3 Å². The van der Waals surface area contributed by atoms with Gasteiger partial charge in [0.15, 0.2) is 5.52 Å². The number of aromatic amines is 2. The average molecular weight is 547 g/mol. The number of rotatable bonds is 8. The molecule has 0 saturated heterocycles. The molecule has 0 aliphatic heterocycles. The van der Waals surface area contributed by atoms with Crippen LogP contribution in [-0.4, -0.2) is 40.4 Å². The van der Waals surface area contributed by atoms with Crippen LogP contribution in [0.5, 0.6) is 5.88 Å². The third-order valence-electron chi connectivity index (χ3n) is 6.75. The maximum Gasteiger partial charge on any atom is 0.290 e. The van der Waals surface area contributed by atoms with Crippen LogP contribution in [0.2, 0.25) is 0 Å². The van der Waals surface area contributed by atoms with E-state index in [4.69, 9.17) is 9.72 Å². The molecule has 0 bridgehead atoms. The molecule has 10 nitrogen and oxygen atoms in total. The van der Waals surface area contributed by atoms with Gasteiger partial charge in [0.2, 0.25) is 5.82 Å². The van der Waals surface area contributed by atoms with E-state index in [1.807, 2.05) is 59.2 Å². The first-order chi connectivity index (χ1) is 19.9. The summed E-state index contributed by atoms with van der Waals surface area (Å²) in [6, 6.07) is 26.1. The van der Waals surface area contributed by atoms with E-state index in [1.165, 1.54) is 0 Å². The van der Waals surface area contributed by atoms with E-state index in [0.717, 1.165) is 33.6 Å². The summed E-state index contributed by atoms with van der Waals surface area (Å²) < 4.78 is 8.03. The zero-order valence-electron chi connectivity index (χ0n) is 23.1. The van der Waals surface area contributed by atoms with E-state index >= 15 is 0 Å². The minimum Gasteiger partial charge on any atom is -0.470 e. The summed E-state index contributed by atoms with van der Waals surface area (Å²) in [4.78, 5) is 18.0. The van der Waals surface area contributed by atoms with Crippen molar-refractivity contribution in [1.29, 1.82) is 0 Å². The third kappa shape index (κ3) is 5.62. The summed E-state index contributed by atoms with van der Waals surface area (Å²) in [6.45, 7) is 7.26. The van der Waals surface area contributed by atoms with E-state index < -0.39 is 0 Å². The predicted molar refractivity (Wildman–Crippen MR) is 156 cm³/mol. The summed E-state index contributed by atoms with van der Waals surface area (Å²) in [6.07, 6.45) is 0.676. The Morgan fingerprint density at radius 2 is 1.59 bits per heavy atom. The number of tetrazole rings is 1. The molecule has 0 fully saturated rings. The lowest BCUT2D eigenvalue weighted by molar-refractivity contribution is 0.293. The van der Waals surface area contributed by atoms with Gasteiger partial charge in [-0.2, -0.15) is 5.21 Å². The quantitative estimate of drug-likeness (QED) is 0.269. The number of H-pyrrole nitrogens is 2. The highest BCUT2D eigenvalue weighted by molar-refractivity contribution is 5.81. The first-order valence-corrected chi connectivity index (χ1v) is 13.4. The van der Waals surface area contributed by atoms with Crippen LogP contribution < -0.4 is 10.3 Å². The predicted octanol–water partition coefficient (Wildman–Crippen LogP) is 5.18. The highest BCUT2D eigenvalue weighted by Crippen LogP contribution is 2.31. The molecule has 3 heterocycles. The van der Waals surface area contributed by atoms with Crippen molar-refractivity contribution in [2.24, 2.45) is 5.41 Å². The number of hydrogen-bond acceptors (Lipinski definition) is 7. The lowest BCUT2D eigenvalue weighted by Gasteiger charge is -2.19. The average Bonchev–Trinajstić information content (AvgIpc) is 3.62. The topological polar surface area (TPSA) is 127 Å². The molecule has 41 heavy (non-hydrogen) atoms. The van der Waals surface area contributed by atoms with Gasteiger partial charge < -0.3 is 9.30 Å². The van der Waals surface area contributed by atoms with Gasteiger partial charge in [-0.05, 0) is 32.9 Å². The van der Waals surface area contributed by atoms with Crippen LogP contribution in [0.1, 0.15) is 37.7 Å². The van der Waals surface area contributed by atoms with Gasteiger partial charge in [0, 0.05) is 18.5 Å². The highest BCUT2D eigenvalue weighted by Gasteiger charge is 2.23. The van der Waals surface area contributed by atoms with Crippen molar-refractivity contribution in [3.63, 3.8) is 0 Å². The molecule has 6 rings (SSSR count). The van der Waals surface area contributed by atoms with Crippen molar-refractivity contribution < 1.29 is 4.74 Å². The van der Waals surface area contributed by atoms with E-state index in [9.17, 15) is 4.79 Å². The summed E-state index contributed by atoms with van der Waals surface area (Å²) in [5.74, 6) is 1.66. The molecule has 0 aliphatic rings. The monoisotopic (exact) mass is 546 g/mol. The molecule has 0 amide bonds. The molecule has 0 radical (unpaired) electrons. The van der Waals surface area contributed by atoms with Gasteiger partial charge in [-0.25, -0.2) is 10.1 Å². The molecule has 3 aromatic heterocycles. The first-order valence-electron chi connectivity index (χ1n) is 13.4. The van der Waals surface area contributed by atoms with Crippen molar-refractivity contribution in [3.8, 4) is 28.4 Å². The van der Waals surface area contributed by atoms with Crippen LogP contribution in [0.4, 0.5) is 0 Å². The van der Waals surface area contributed by atoms with Gasteiger partial charge in [-0.3, -0.25) is 4.79 Å². The molecule has 0 aliphatic carbocycles. The molecule has 0 saturated carbocycles. The number of nitrogens with zero attached hydrogens (tertiary/aromatic N) is 6. The molecule has 0 unspecified atom stereocenters. The Hall–Kier alpha value is -5.12. The minimum atomic E-state index is -0.301.